The van der Waals surface area contributed by atoms with Crippen molar-refractivity contribution < 1.29 is 9.53 Å². The Hall–Kier alpha value is -3.15. The zero-order valence-corrected chi connectivity index (χ0v) is 14.9. The van der Waals surface area contributed by atoms with Gasteiger partial charge in [0.25, 0.3) is 5.56 Å². The number of amides is 1. The molecule has 0 aliphatic rings. The first-order valence-corrected chi connectivity index (χ1v) is 8.46. The normalized spacial score (nSPS) is 10.7. The minimum absolute atomic E-state index is 0.0503. The van der Waals surface area contributed by atoms with E-state index in [0.29, 0.717) is 24.2 Å². The Morgan fingerprint density at radius 2 is 1.85 bits per heavy atom. The van der Waals surface area contributed by atoms with E-state index in [-0.39, 0.29) is 18.0 Å². The van der Waals surface area contributed by atoms with Crippen LogP contribution in [0.15, 0.2) is 53.5 Å². The average molecular weight is 351 g/mol. The highest BCUT2D eigenvalue weighted by molar-refractivity contribution is 5.79. The molecule has 0 radical (unpaired) electrons. The second-order valence-corrected chi connectivity index (χ2v) is 6.09. The quantitative estimate of drug-likeness (QED) is 0.691. The van der Waals surface area contributed by atoms with Crippen LogP contribution in [0.3, 0.4) is 0 Å². The van der Waals surface area contributed by atoms with E-state index in [1.165, 1.54) is 10.8 Å². The third kappa shape index (κ3) is 3.91. The van der Waals surface area contributed by atoms with Crippen LogP contribution in [-0.2, 0) is 11.3 Å². The fourth-order valence-corrected chi connectivity index (χ4v) is 2.85. The van der Waals surface area contributed by atoms with Crippen molar-refractivity contribution in [3.05, 3.63) is 70.1 Å². The summed E-state index contributed by atoms with van der Waals surface area (Å²) < 4.78 is 7.19. The van der Waals surface area contributed by atoms with Crippen LogP contribution >= 0.6 is 0 Å². The predicted octanol–water partition coefficient (Wildman–Crippen LogP) is 2.21. The molecule has 0 spiro atoms. The number of nitrogens with zero attached hydrogens (tertiary/aromatic N) is 2. The maximum Gasteiger partial charge on any atom is 0.269 e. The molecule has 0 fully saturated rings. The molecule has 3 rings (SSSR count). The summed E-state index contributed by atoms with van der Waals surface area (Å²) in [6, 6.07) is 13.2. The van der Waals surface area contributed by atoms with E-state index in [9.17, 15) is 9.59 Å². The summed E-state index contributed by atoms with van der Waals surface area (Å²) in [6.45, 7) is 4.66. The molecule has 1 N–H and O–H groups in total. The van der Waals surface area contributed by atoms with Crippen molar-refractivity contribution >= 4 is 16.9 Å². The van der Waals surface area contributed by atoms with Crippen molar-refractivity contribution in [2.45, 2.75) is 20.4 Å². The molecule has 1 aromatic heterocycles. The Morgan fingerprint density at radius 1 is 1.12 bits per heavy atom. The van der Waals surface area contributed by atoms with Crippen molar-refractivity contribution in [3.8, 4) is 5.75 Å². The van der Waals surface area contributed by atoms with Crippen LogP contribution in [0, 0.1) is 13.8 Å². The minimum atomic E-state index is -0.300. The van der Waals surface area contributed by atoms with Gasteiger partial charge < -0.3 is 10.1 Å². The lowest BCUT2D eigenvalue weighted by Gasteiger charge is -2.13. The molecular formula is C20H21N3O3. The SMILES string of the molecule is Cc1cccc(C)c1OCCNC(=O)Cn1c(=O)cnc2ccccc21. The van der Waals surface area contributed by atoms with E-state index in [0.717, 1.165) is 16.9 Å². The molecule has 6 heteroatoms. The number of hydrogen-bond donors (Lipinski definition) is 1. The maximum atomic E-state index is 12.2. The Bertz CT molecular complexity index is 975. The number of nitrogens with one attached hydrogen (secondary N) is 1. The molecule has 2 aromatic carbocycles. The van der Waals surface area contributed by atoms with E-state index in [4.69, 9.17) is 4.74 Å². The zero-order valence-electron chi connectivity index (χ0n) is 14.9. The van der Waals surface area contributed by atoms with Gasteiger partial charge in [-0.1, -0.05) is 30.3 Å². The lowest BCUT2D eigenvalue weighted by molar-refractivity contribution is -0.121. The third-order valence-corrected chi connectivity index (χ3v) is 4.13. The van der Waals surface area contributed by atoms with Gasteiger partial charge in [0.05, 0.1) is 23.8 Å². The van der Waals surface area contributed by atoms with Crippen LogP contribution < -0.4 is 15.6 Å². The number of fused-ring (bicyclic) bond motifs is 1. The van der Waals surface area contributed by atoms with E-state index in [2.05, 4.69) is 10.3 Å². The highest BCUT2D eigenvalue weighted by Crippen LogP contribution is 2.21. The van der Waals surface area contributed by atoms with Crippen LogP contribution in [-0.4, -0.2) is 28.6 Å². The molecule has 0 unspecified atom stereocenters. The van der Waals surface area contributed by atoms with Gasteiger partial charge in [-0.3, -0.25) is 14.2 Å². The summed E-state index contributed by atoms with van der Waals surface area (Å²) >= 11 is 0. The zero-order chi connectivity index (χ0) is 18.5. The molecule has 0 atom stereocenters. The topological polar surface area (TPSA) is 73.2 Å². The van der Waals surface area contributed by atoms with Gasteiger partial charge in [-0.25, -0.2) is 4.98 Å². The Balaban J connectivity index is 1.59. The van der Waals surface area contributed by atoms with Crippen LogP contribution in [0.2, 0.25) is 0 Å². The molecule has 0 saturated heterocycles. The molecule has 0 bridgehead atoms. The summed E-state index contributed by atoms with van der Waals surface area (Å²) in [7, 11) is 0. The first kappa shape index (κ1) is 17.7. The minimum Gasteiger partial charge on any atom is -0.491 e. The van der Waals surface area contributed by atoms with Gasteiger partial charge in [0.2, 0.25) is 5.91 Å². The van der Waals surface area contributed by atoms with Crippen molar-refractivity contribution in [2.24, 2.45) is 0 Å². The Kier molecular flexibility index (Phi) is 5.31. The second-order valence-electron chi connectivity index (χ2n) is 6.09. The smallest absolute Gasteiger partial charge is 0.269 e. The number of carbonyl (C=O) groups is 1. The monoisotopic (exact) mass is 351 g/mol. The molecule has 26 heavy (non-hydrogen) atoms. The molecule has 0 aliphatic heterocycles. The van der Waals surface area contributed by atoms with Gasteiger partial charge in [0, 0.05) is 0 Å². The summed E-state index contributed by atoms with van der Waals surface area (Å²) in [5.41, 5.74) is 3.14. The van der Waals surface area contributed by atoms with Gasteiger partial charge in [0.1, 0.15) is 18.9 Å². The number of rotatable bonds is 6. The molecule has 6 nitrogen and oxygen atoms in total. The highest BCUT2D eigenvalue weighted by Gasteiger charge is 2.09. The number of benzene rings is 2. The van der Waals surface area contributed by atoms with Crippen molar-refractivity contribution in [2.75, 3.05) is 13.2 Å². The van der Waals surface area contributed by atoms with Gasteiger partial charge in [-0.2, -0.15) is 0 Å². The molecule has 1 heterocycles. The molecule has 0 aliphatic carbocycles. The van der Waals surface area contributed by atoms with Crippen LogP contribution in [0.25, 0.3) is 11.0 Å². The first-order valence-electron chi connectivity index (χ1n) is 8.46. The van der Waals surface area contributed by atoms with Crippen LogP contribution in [0.4, 0.5) is 0 Å². The molecule has 0 saturated carbocycles. The first-order chi connectivity index (χ1) is 12.6. The van der Waals surface area contributed by atoms with Crippen LogP contribution in [0.1, 0.15) is 11.1 Å². The Labute approximate surface area is 151 Å². The molecular weight excluding hydrogens is 330 g/mol. The summed E-state index contributed by atoms with van der Waals surface area (Å²) in [6.07, 6.45) is 1.24. The standard InChI is InChI=1S/C20H21N3O3/c1-14-6-5-7-15(2)20(14)26-11-10-21-18(24)13-23-17-9-4-3-8-16(17)22-12-19(23)25/h3-9,12H,10-11,13H2,1-2H3,(H,21,24). The van der Waals surface area contributed by atoms with Crippen molar-refractivity contribution in [1.82, 2.24) is 14.9 Å². The van der Waals surface area contributed by atoms with Crippen molar-refractivity contribution in [1.29, 1.82) is 0 Å². The van der Waals surface area contributed by atoms with Gasteiger partial charge in [-0.15, -0.1) is 0 Å². The fourth-order valence-electron chi connectivity index (χ4n) is 2.85. The molecule has 134 valence electrons. The summed E-state index contributed by atoms with van der Waals surface area (Å²) in [5.74, 6) is 0.603. The van der Waals surface area contributed by atoms with Gasteiger partial charge >= 0.3 is 0 Å². The van der Waals surface area contributed by atoms with E-state index in [1.54, 1.807) is 6.07 Å². The van der Waals surface area contributed by atoms with Crippen molar-refractivity contribution in [3.63, 3.8) is 0 Å². The van der Waals surface area contributed by atoms with Crippen LogP contribution in [0.5, 0.6) is 5.75 Å². The number of ether oxygens (including phenoxy) is 1. The largest absolute Gasteiger partial charge is 0.491 e. The molecule has 1 amide bonds. The predicted molar refractivity (Wildman–Crippen MR) is 100 cm³/mol. The number of aromatic nitrogens is 2. The number of carbonyl (C=O) groups excluding carboxylic acids is 1. The third-order valence-electron chi connectivity index (χ3n) is 4.13. The maximum absolute atomic E-state index is 12.2. The van der Waals surface area contributed by atoms with E-state index >= 15 is 0 Å². The lowest BCUT2D eigenvalue weighted by Crippen LogP contribution is -2.34. The van der Waals surface area contributed by atoms with Gasteiger partial charge in [-0.05, 0) is 37.1 Å². The Morgan fingerprint density at radius 3 is 2.62 bits per heavy atom. The van der Waals surface area contributed by atoms with E-state index < -0.39 is 0 Å². The lowest BCUT2D eigenvalue weighted by atomic mass is 10.1. The number of aryl methyl sites for hydroxylation is 2. The summed E-state index contributed by atoms with van der Waals surface area (Å²) in [4.78, 5) is 28.4. The number of para-hydroxylation sites is 3. The second kappa shape index (κ2) is 7.82. The molecule has 3 aromatic rings. The summed E-state index contributed by atoms with van der Waals surface area (Å²) in [5, 5.41) is 2.79. The highest BCUT2D eigenvalue weighted by atomic mass is 16.5. The fraction of sp³-hybridized carbons (Fsp3) is 0.250. The van der Waals surface area contributed by atoms with E-state index in [1.807, 2.05) is 50.2 Å². The number of hydrogen-bond acceptors (Lipinski definition) is 4. The van der Waals surface area contributed by atoms with Gasteiger partial charge in [0.15, 0.2) is 0 Å². The average Bonchev–Trinajstić information content (AvgIpc) is 2.63.